The number of hydrogen-bond acceptors (Lipinski definition) is 4. The van der Waals surface area contributed by atoms with Gasteiger partial charge in [-0.25, -0.2) is 0 Å². The van der Waals surface area contributed by atoms with Gasteiger partial charge in [0.05, 0.1) is 19.7 Å². The number of amides is 2. The van der Waals surface area contributed by atoms with Crippen molar-refractivity contribution >= 4 is 11.8 Å². The van der Waals surface area contributed by atoms with E-state index in [9.17, 15) is 9.59 Å². The van der Waals surface area contributed by atoms with Crippen LogP contribution in [0.25, 0.3) is 0 Å². The molecule has 1 aliphatic heterocycles. The first-order valence-electron chi connectivity index (χ1n) is 9.48. The molecule has 2 amide bonds. The zero-order chi connectivity index (χ0) is 18.5. The largest absolute Gasteiger partial charge is 0.497 e. The summed E-state index contributed by atoms with van der Waals surface area (Å²) in [6.07, 6.45) is 3.96. The lowest BCUT2D eigenvalue weighted by Crippen LogP contribution is -2.44. The first-order chi connectivity index (χ1) is 12.6. The van der Waals surface area contributed by atoms with Crippen LogP contribution in [0.1, 0.15) is 37.3 Å². The number of methoxy groups -OCH3 is 1. The van der Waals surface area contributed by atoms with E-state index < -0.39 is 0 Å². The highest BCUT2D eigenvalue weighted by Crippen LogP contribution is 2.41. The average molecular weight is 359 g/mol. The molecule has 1 aliphatic carbocycles. The molecule has 26 heavy (non-hydrogen) atoms. The molecule has 0 aromatic heterocycles. The average Bonchev–Trinajstić information content (AvgIpc) is 3.51. The van der Waals surface area contributed by atoms with Crippen LogP contribution in [0, 0.1) is 11.8 Å². The molecule has 1 aromatic rings. The van der Waals surface area contributed by atoms with Crippen molar-refractivity contribution in [2.24, 2.45) is 11.8 Å². The van der Waals surface area contributed by atoms with Gasteiger partial charge in [-0.05, 0) is 62.4 Å². The summed E-state index contributed by atoms with van der Waals surface area (Å²) in [7, 11) is 3.34. The summed E-state index contributed by atoms with van der Waals surface area (Å²) in [4.78, 5) is 26.4. The molecule has 1 saturated carbocycles. The molecule has 0 spiro atoms. The number of carbonyl (C=O) groups excluding carboxylic acids is 2. The summed E-state index contributed by atoms with van der Waals surface area (Å²) in [5.74, 6) is 1.62. The highest BCUT2D eigenvalue weighted by molar-refractivity contribution is 5.79. The Balaban J connectivity index is 1.52. The van der Waals surface area contributed by atoms with Gasteiger partial charge in [-0.3, -0.25) is 14.5 Å². The highest BCUT2D eigenvalue weighted by atomic mass is 16.5. The van der Waals surface area contributed by atoms with Crippen molar-refractivity contribution in [3.63, 3.8) is 0 Å². The monoisotopic (exact) mass is 359 g/mol. The standard InChI is InChI=1S/C20H29N3O3/c1-21-20(25)16-9-11-23(12-10-16)13-18(24)22-19(14-3-4-14)15-5-7-17(26-2)8-6-15/h5-8,14,16,19H,3-4,9-13H2,1-2H3,(H,21,25)(H,22,24). The molecule has 2 N–H and O–H groups in total. The molecule has 0 bridgehead atoms. The Labute approximate surface area is 155 Å². The number of likely N-dealkylation sites (tertiary alicyclic amines) is 1. The Morgan fingerprint density at radius 3 is 2.35 bits per heavy atom. The summed E-state index contributed by atoms with van der Waals surface area (Å²) in [5.41, 5.74) is 1.14. The molecular formula is C20H29N3O3. The van der Waals surface area contributed by atoms with Crippen LogP contribution in [0.2, 0.25) is 0 Å². The van der Waals surface area contributed by atoms with Crippen LogP contribution in [0.5, 0.6) is 5.75 Å². The fraction of sp³-hybridized carbons (Fsp3) is 0.600. The fourth-order valence-corrected chi connectivity index (χ4v) is 3.69. The van der Waals surface area contributed by atoms with Crippen LogP contribution in [0.3, 0.4) is 0 Å². The third-order valence-corrected chi connectivity index (χ3v) is 5.46. The highest BCUT2D eigenvalue weighted by Gasteiger charge is 2.34. The summed E-state index contributed by atoms with van der Waals surface area (Å²) in [6, 6.07) is 8.05. The van der Waals surface area contributed by atoms with Gasteiger partial charge in [-0.1, -0.05) is 12.1 Å². The topological polar surface area (TPSA) is 70.7 Å². The van der Waals surface area contributed by atoms with Gasteiger partial charge in [-0.15, -0.1) is 0 Å². The van der Waals surface area contributed by atoms with Crippen LogP contribution in [0.4, 0.5) is 0 Å². The molecule has 142 valence electrons. The van der Waals surface area contributed by atoms with E-state index in [1.54, 1.807) is 14.2 Å². The number of ether oxygens (including phenoxy) is 1. The molecule has 2 fully saturated rings. The number of nitrogens with one attached hydrogen (secondary N) is 2. The molecule has 6 heteroatoms. The molecule has 1 saturated heterocycles. The summed E-state index contributed by atoms with van der Waals surface area (Å²) in [5, 5.41) is 5.94. The Hall–Kier alpha value is -2.08. The summed E-state index contributed by atoms with van der Waals surface area (Å²) < 4.78 is 5.22. The number of piperidine rings is 1. The maximum absolute atomic E-state index is 12.6. The van der Waals surface area contributed by atoms with Crippen molar-refractivity contribution < 1.29 is 14.3 Å². The smallest absolute Gasteiger partial charge is 0.234 e. The SMILES string of the molecule is CNC(=O)C1CCN(CC(=O)NC(c2ccc(OC)cc2)C2CC2)CC1. The van der Waals surface area contributed by atoms with Gasteiger partial charge in [0.1, 0.15) is 5.75 Å². The Morgan fingerprint density at radius 1 is 1.15 bits per heavy atom. The van der Waals surface area contributed by atoms with E-state index in [0.29, 0.717) is 12.5 Å². The number of hydrogen-bond donors (Lipinski definition) is 2. The van der Waals surface area contributed by atoms with Gasteiger partial charge in [0.2, 0.25) is 11.8 Å². The van der Waals surface area contributed by atoms with Crippen molar-refractivity contribution in [3.05, 3.63) is 29.8 Å². The predicted molar refractivity (Wildman–Crippen MR) is 99.8 cm³/mol. The van der Waals surface area contributed by atoms with Gasteiger partial charge in [0, 0.05) is 13.0 Å². The van der Waals surface area contributed by atoms with Gasteiger partial charge in [0.15, 0.2) is 0 Å². The van der Waals surface area contributed by atoms with Crippen LogP contribution in [-0.2, 0) is 9.59 Å². The molecular weight excluding hydrogens is 330 g/mol. The van der Waals surface area contributed by atoms with Gasteiger partial charge in [0.25, 0.3) is 0 Å². The minimum atomic E-state index is 0.0658. The first-order valence-corrected chi connectivity index (χ1v) is 9.48. The minimum absolute atomic E-state index is 0.0658. The van der Waals surface area contributed by atoms with Crippen molar-refractivity contribution in [1.82, 2.24) is 15.5 Å². The third kappa shape index (κ3) is 4.75. The molecule has 1 atom stereocenters. The van der Waals surface area contributed by atoms with E-state index >= 15 is 0 Å². The van der Waals surface area contributed by atoms with Crippen molar-refractivity contribution in [2.45, 2.75) is 31.7 Å². The van der Waals surface area contributed by atoms with Crippen LogP contribution >= 0.6 is 0 Å². The van der Waals surface area contributed by atoms with Crippen molar-refractivity contribution in [3.8, 4) is 5.75 Å². The van der Waals surface area contributed by atoms with E-state index in [4.69, 9.17) is 4.74 Å². The lowest BCUT2D eigenvalue weighted by Gasteiger charge is -2.31. The molecule has 3 rings (SSSR count). The van der Waals surface area contributed by atoms with Gasteiger partial charge in [-0.2, -0.15) is 0 Å². The third-order valence-electron chi connectivity index (χ3n) is 5.46. The second-order valence-electron chi connectivity index (χ2n) is 7.32. The Kier molecular flexibility index (Phi) is 6.14. The second kappa shape index (κ2) is 8.54. The maximum Gasteiger partial charge on any atom is 0.234 e. The number of nitrogens with zero attached hydrogens (tertiary/aromatic N) is 1. The van der Waals surface area contributed by atoms with Crippen LogP contribution < -0.4 is 15.4 Å². The van der Waals surface area contributed by atoms with E-state index in [0.717, 1.165) is 50.1 Å². The normalized spacial score (nSPS) is 19.6. The summed E-state index contributed by atoms with van der Waals surface area (Å²) >= 11 is 0. The Morgan fingerprint density at radius 2 is 1.81 bits per heavy atom. The molecule has 6 nitrogen and oxygen atoms in total. The van der Waals surface area contributed by atoms with Gasteiger partial charge >= 0.3 is 0 Å². The van der Waals surface area contributed by atoms with E-state index in [1.165, 1.54) is 0 Å². The summed E-state index contributed by atoms with van der Waals surface area (Å²) in [6.45, 7) is 1.99. The van der Waals surface area contributed by atoms with Crippen LogP contribution in [0.15, 0.2) is 24.3 Å². The number of rotatable bonds is 7. The van der Waals surface area contributed by atoms with E-state index in [-0.39, 0.29) is 23.8 Å². The minimum Gasteiger partial charge on any atom is -0.497 e. The molecule has 0 radical (unpaired) electrons. The lowest BCUT2D eigenvalue weighted by molar-refractivity contribution is -0.126. The number of benzene rings is 1. The zero-order valence-electron chi connectivity index (χ0n) is 15.7. The first kappa shape index (κ1) is 18.7. The van der Waals surface area contributed by atoms with E-state index in [1.807, 2.05) is 24.3 Å². The van der Waals surface area contributed by atoms with Crippen LogP contribution in [-0.4, -0.2) is 50.5 Å². The zero-order valence-corrected chi connectivity index (χ0v) is 15.7. The fourth-order valence-electron chi connectivity index (χ4n) is 3.69. The van der Waals surface area contributed by atoms with Crippen molar-refractivity contribution in [2.75, 3.05) is 33.8 Å². The van der Waals surface area contributed by atoms with Crippen molar-refractivity contribution in [1.29, 1.82) is 0 Å². The molecule has 1 heterocycles. The lowest BCUT2D eigenvalue weighted by atomic mass is 9.96. The predicted octanol–water partition coefficient (Wildman–Crippen LogP) is 1.72. The molecule has 2 aliphatic rings. The maximum atomic E-state index is 12.6. The van der Waals surface area contributed by atoms with Gasteiger partial charge < -0.3 is 15.4 Å². The van der Waals surface area contributed by atoms with E-state index in [2.05, 4.69) is 15.5 Å². The molecule has 1 unspecified atom stereocenters. The molecule has 1 aromatic carbocycles. The quantitative estimate of drug-likeness (QED) is 0.778. The Bertz CT molecular complexity index is 620. The second-order valence-corrected chi connectivity index (χ2v) is 7.32. The number of carbonyl (C=O) groups is 2.